The topological polar surface area (TPSA) is 58.1 Å². The number of likely N-dealkylation sites (tertiary alicyclic amines) is 1. The van der Waals surface area contributed by atoms with Gasteiger partial charge in [0, 0.05) is 36.7 Å². The van der Waals surface area contributed by atoms with Crippen LogP contribution in [0.3, 0.4) is 0 Å². The summed E-state index contributed by atoms with van der Waals surface area (Å²) in [6.45, 7) is 3.11. The van der Waals surface area contributed by atoms with Gasteiger partial charge < -0.3 is 5.32 Å². The van der Waals surface area contributed by atoms with E-state index in [-0.39, 0.29) is 11.3 Å². The van der Waals surface area contributed by atoms with Crippen LogP contribution in [0.5, 0.6) is 0 Å². The second-order valence-corrected chi connectivity index (χ2v) is 7.21. The number of nitrogens with one attached hydrogen (secondary N) is 1. The molecule has 1 N–H and O–H groups in total. The van der Waals surface area contributed by atoms with Gasteiger partial charge in [-0.2, -0.15) is 0 Å². The predicted octanol–water partition coefficient (Wildman–Crippen LogP) is 3.08. The van der Waals surface area contributed by atoms with Crippen LogP contribution < -0.4 is 5.32 Å². The van der Waals surface area contributed by atoms with E-state index in [4.69, 9.17) is 0 Å². The van der Waals surface area contributed by atoms with E-state index in [1.54, 1.807) is 36.3 Å². The number of hydrogen-bond acceptors (Lipinski definition) is 5. The van der Waals surface area contributed by atoms with Crippen molar-refractivity contribution < 1.29 is 4.79 Å². The molecule has 6 heteroatoms. The monoisotopic (exact) mass is 342 g/mol. The van der Waals surface area contributed by atoms with Crippen molar-refractivity contribution in [3.05, 3.63) is 60.2 Å². The van der Waals surface area contributed by atoms with E-state index in [1.165, 1.54) is 18.4 Å². The molecule has 3 rings (SSSR count). The number of nitrogens with zero attached hydrogens (tertiary/aromatic N) is 3. The third-order valence-electron chi connectivity index (χ3n) is 4.18. The average molecular weight is 342 g/mol. The maximum Gasteiger partial charge on any atom is 0.253 e. The van der Waals surface area contributed by atoms with E-state index in [9.17, 15) is 4.79 Å². The molecule has 3 heterocycles. The molecule has 5 nitrogen and oxygen atoms in total. The lowest BCUT2D eigenvalue weighted by Gasteiger charge is -2.25. The molecule has 1 aliphatic rings. The minimum atomic E-state index is -0.0756. The molecule has 0 saturated carbocycles. The Kier molecular flexibility index (Phi) is 5.82. The molecule has 2 atom stereocenters. The summed E-state index contributed by atoms with van der Waals surface area (Å²) in [5.74, 6) is 0.821. The Hall–Kier alpha value is -1.92. The molecule has 2 aromatic rings. The van der Waals surface area contributed by atoms with Gasteiger partial charge in [-0.25, -0.2) is 0 Å². The molecule has 0 bridgehead atoms. The van der Waals surface area contributed by atoms with Crippen molar-refractivity contribution >= 4 is 17.7 Å². The fourth-order valence-electron chi connectivity index (χ4n) is 2.95. The Labute approximate surface area is 146 Å². The summed E-state index contributed by atoms with van der Waals surface area (Å²) >= 11 is 1.75. The molecular formula is C18H22N4OS. The molecule has 0 spiro atoms. The molecular weight excluding hydrogens is 320 g/mol. The average Bonchev–Trinajstić information content (AvgIpc) is 3.10. The number of pyridine rings is 2. The van der Waals surface area contributed by atoms with E-state index in [0.29, 0.717) is 11.6 Å². The van der Waals surface area contributed by atoms with Crippen LogP contribution in [-0.4, -0.2) is 38.6 Å². The fraction of sp³-hybridized carbons (Fsp3) is 0.389. The van der Waals surface area contributed by atoms with Crippen molar-refractivity contribution in [2.24, 2.45) is 0 Å². The largest absolute Gasteiger partial charge is 0.340 e. The van der Waals surface area contributed by atoms with Crippen LogP contribution in [-0.2, 0) is 0 Å². The summed E-state index contributed by atoms with van der Waals surface area (Å²) in [6, 6.07) is 8.13. The lowest BCUT2D eigenvalue weighted by Crippen LogP contribution is -2.32. The second kappa shape index (κ2) is 8.26. The highest BCUT2D eigenvalue weighted by Crippen LogP contribution is 2.32. The van der Waals surface area contributed by atoms with Crippen molar-refractivity contribution in [2.75, 3.05) is 12.4 Å². The molecule has 1 amide bonds. The SMILES string of the molecule is CC(NC(=O)c1cccnc1)SCN1CCCC1c1cccnc1. The Bertz CT molecular complexity index is 653. The summed E-state index contributed by atoms with van der Waals surface area (Å²) in [5.41, 5.74) is 1.88. The molecule has 1 saturated heterocycles. The molecule has 126 valence electrons. The van der Waals surface area contributed by atoms with E-state index in [2.05, 4.69) is 26.3 Å². The first-order valence-electron chi connectivity index (χ1n) is 8.20. The van der Waals surface area contributed by atoms with E-state index in [1.807, 2.05) is 25.4 Å². The van der Waals surface area contributed by atoms with Crippen molar-refractivity contribution in [2.45, 2.75) is 31.2 Å². The third kappa shape index (κ3) is 4.33. The molecule has 0 radical (unpaired) electrons. The van der Waals surface area contributed by atoms with Gasteiger partial charge in [-0.05, 0) is 50.1 Å². The van der Waals surface area contributed by atoms with Crippen LogP contribution in [0.15, 0.2) is 49.1 Å². The number of carbonyl (C=O) groups excluding carboxylic acids is 1. The Balaban J connectivity index is 1.50. The smallest absolute Gasteiger partial charge is 0.253 e. The maximum atomic E-state index is 12.2. The van der Waals surface area contributed by atoms with Crippen molar-refractivity contribution in [1.29, 1.82) is 0 Å². The molecule has 1 aliphatic heterocycles. The lowest BCUT2D eigenvalue weighted by atomic mass is 10.1. The Morgan fingerprint density at radius 1 is 1.33 bits per heavy atom. The van der Waals surface area contributed by atoms with Gasteiger partial charge in [-0.15, -0.1) is 11.8 Å². The van der Waals surface area contributed by atoms with Crippen LogP contribution in [0.1, 0.15) is 41.7 Å². The summed E-state index contributed by atoms with van der Waals surface area (Å²) in [7, 11) is 0. The van der Waals surface area contributed by atoms with Crippen molar-refractivity contribution in [3.8, 4) is 0 Å². The summed E-state index contributed by atoms with van der Waals surface area (Å²) < 4.78 is 0. The number of thioether (sulfide) groups is 1. The van der Waals surface area contributed by atoms with E-state index >= 15 is 0 Å². The summed E-state index contributed by atoms with van der Waals surface area (Å²) in [5, 5.41) is 3.07. The Morgan fingerprint density at radius 3 is 2.83 bits per heavy atom. The van der Waals surface area contributed by atoms with E-state index in [0.717, 1.165) is 12.4 Å². The normalized spacial score (nSPS) is 19.1. The molecule has 2 aromatic heterocycles. The van der Waals surface area contributed by atoms with Crippen LogP contribution in [0.25, 0.3) is 0 Å². The number of rotatable bonds is 6. The van der Waals surface area contributed by atoms with Gasteiger partial charge in [-0.1, -0.05) is 6.07 Å². The zero-order valence-electron chi connectivity index (χ0n) is 13.8. The van der Waals surface area contributed by atoms with Crippen LogP contribution in [0.2, 0.25) is 0 Å². The fourth-order valence-corrected chi connectivity index (χ4v) is 3.86. The third-order valence-corrected chi connectivity index (χ3v) is 5.28. The van der Waals surface area contributed by atoms with Gasteiger partial charge in [0.05, 0.1) is 10.9 Å². The first-order valence-corrected chi connectivity index (χ1v) is 9.25. The van der Waals surface area contributed by atoms with Gasteiger partial charge in [0.15, 0.2) is 0 Å². The van der Waals surface area contributed by atoms with Crippen LogP contribution >= 0.6 is 11.8 Å². The van der Waals surface area contributed by atoms with Gasteiger partial charge in [0.25, 0.3) is 5.91 Å². The van der Waals surface area contributed by atoms with Crippen LogP contribution in [0.4, 0.5) is 0 Å². The summed E-state index contributed by atoms with van der Waals surface area (Å²) in [6.07, 6.45) is 9.40. The number of amides is 1. The van der Waals surface area contributed by atoms with Gasteiger partial charge in [-0.3, -0.25) is 19.7 Å². The second-order valence-electron chi connectivity index (χ2n) is 5.91. The standard InChI is InChI=1S/C18H22N4OS/c1-14(21-18(23)16-6-3-9-20-12-16)24-13-22-10-4-7-17(22)15-5-2-8-19-11-15/h2-3,5-6,8-9,11-12,14,17H,4,7,10,13H2,1H3,(H,21,23). The molecule has 2 unspecified atom stereocenters. The van der Waals surface area contributed by atoms with Crippen LogP contribution in [0, 0.1) is 0 Å². The van der Waals surface area contributed by atoms with Gasteiger partial charge in [0.1, 0.15) is 0 Å². The summed E-state index contributed by atoms with van der Waals surface area (Å²) in [4.78, 5) is 22.8. The van der Waals surface area contributed by atoms with E-state index < -0.39 is 0 Å². The zero-order chi connectivity index (χ0) is 16.8. The van der Waals surface area contributed by atoms with Crippen molar-refractivity contribution in [3.63, 3.8) is 0 Å². The minimum Gasteiger partial charge on any atom is -0.340 e. The molecule has 24 heavy (non-hydrogen) atoms. The highest BCUT2D eigenvalue weighted by atomic mass is 32.2. The Morgan fingerprint density at radius 2 is 2.12 bits per heavy atom. The predicted molar refractivity (Wildman–Crippen MR) is 96.5 cm³/mol. The first-order chi connectivity index (χ1) is 11.7. The highest BCUT2D eigenvalue weighted by Gasteiger charge is 2.26. The van der Waals surface area contributed by atoms with Gasteiger partial charge in [0.2, 0.25) is 0 Å². The highest BCUT2D eigenvalue weighted by molar-refractivity contribution is 7.99. The minimum absolute atomic E-state index is 0.0489. The number of hydrogen-bond donors (Lipinski definition) is 1. The molecule has 0 aromatic carbocycles. The maximum absolute atomic E-state index is 12.2. The van der Waals surface area contributed by atoms with Gasteiger partial charge >= 0.3 is 0 Å². The van der Waals surface area contributed by atoms with Crippen molar-refractivity contribution in [1.82, 2.24) is 20.2 Å². The quantitative estimate of drug-likeness (QED) is 0.818. The number of aromatic nitrogens is 2. The zero-order valence-corrected chi connectivity index (χ0v) is 14.6. The number of carbonyl (C=O) groups is 1. The molecule has 0 aliphatic carbocycles. The first kappa shape index (κ1) is 16.9. The lowest BCUT2D eigenvalue weighted by molar-refractivity contribution is 0.0951. The molecule has 1 fully saturated rings.